The molecule has 0 aliphatic rings. The lowest BCUT2D eigenvalue weighted by molar-refractivity contribution is 0.0567. The van der Waals surface area contributed by atoms with Crippen LogP contribution in [0.1, 0.15) is 0 Å². The van der Waals surface area contributed by atoms with Gasteiger partial charge < -0.3 is 44.3 Å². The van der Waals surface area contributed by atoms with Gasteiger partial charge in [0.05, 0.1) is 13.2 Å². The third kappa shape index (κ3) is 16.7. The van der Waals surface area contributed by atoms with Crippen LogP contribution in [0.5, 0.6) is 0 Å². The zero-order valence-corrected chi connectivity index (χ0v) is 34.2. The Labute approximate surface area is 252 Å². The van der Waals surface area contributed by atoms with Crippen molar-refractivity contribution in [3.63, 3.8) is 0 Å². The molecular weight excluding hydrogens is 617 g/mol. The first kappa shape index (κ1) is 40.9. The van der Waals surface area contributed by atoms with Crippen molar-refractivity contribution in [3.05, 3.63) is 0 Å². The zero-order valence-electron chi connectivity index (χ0n) is 28.2. The van der Waals surface area contributed by atoms with Crippen molar-refractivity contribution in [2.45, 2.75) is 88.6 Å². The van der Waals surface area contributed by atoms with Crippen LogP contribution < -0.4 is 0 Å². The molecule has 0 aliphatic carbocycles. The van der Waals surface area contributed by atoms with Crippen molar-refractivity contribution >= 4 is 50.9 Å². The van der Waals surface area contributed by atoms with Gasteiger partial charge in [0.2, 0.25) is 0 Å². The highest BCUT2D eigenvalue weighted by atomic mass is 28.4. The molecule has 0 heterocycles. The maximum atomic E-state index is 6.73. The van der Waals surface area contributed by atoms with E-state index in [9.17, 15) is 0 Å². The summed E-state index contributed by atoms with van der Waals surface area (Å²) in [5.74, 6) is 0. The van der Waals surface area contributed by atoms with E-state index in [1.54, 1.807) is 42.7 Å². The van der Waals surface area contributed by atoms with Crippen molar-refractivity contribution in [1.82, 2.24) is 0 Å². The van der Waals surface area contributed by atoms with Crippen LogP contribution in [0.3, 0.4) is 0 Å². The van der Waals surface area contributed by atoms with E-state index in [0.29, 0.717) is 26.4 Å². The molecule has 40 heavy (non-hydrogen) atoms. The van der Waals surface area contributed by atoms with E-state index in [-0.39, 0.29) is 0 Å². The van der Waals surface area contributed by atoms with Crippen molar-refractivity contribution in [1.29, 1.82) is 0 Å². The quantitative estimate of drug-likeness (QED) is 0.0894. The first-order chi connectivity index (χ1) is 18.4. The van der Waals surface area contributed by atoms with E-state index in [0.717, 1.165) is 36.3 Å². The summed E-state index contributed by atoms with van der Waals surface area (Å²) in [5, 5.41) is 0. The second kappa shape index (κ2) is 18.6. The predicted octanol–water partition coefficient (Wildman–Crippen LogP) is 5.63. The highest BCUT2D eigenvalue weighted by molar-refractivity contribution is 6.86. The average Bonchev–Trinajstić information content (AvgIpc) is 2.86. The fourth-order valence-corrected chi connectivity index (χ4v) is 29.0. The Balaban J connectivity index is 4.32. The van der Waals surface area contributed by atoms with E-state index >= 15 is 0 Å². The van der Waals surface area contributed by atoms with Crippen LogP contribution in [-0.2, 0) is 44.3 Å². The van der Waals surface area contributed by atoms with Gasteiger partial charge >= 0.3 is 17.6 Å². The van der Waals surface area contributed by atoms with E-state index in [2.05, 4.69) is 52.4 Å². The minimum atomic E-state index is -2.57. The monoisotopic (exact) mass is 678 g/mol. The maximum absolute atomic E-state index is 6.73. The van der Waals surface area contributed by atoms with Crippen LogP contribution in [0.25, 0.3) is 0 Å². The van der Waals surface area contributed by atoms with Crippen LogP contribution in [0, 0.1) is 0 Å². The molecule has 0 saturated heterocycles. The summed E-state index contributed by atoms with van der Waals surface area (Å²) in [6, 6.07) is 5.35. The SMILES string of the molecule is CO[Si](CC[Si](C)(C)O[Si](C)(C)CCOCCOCC[Si](C)(C)O[Si](C)(C)CC[Si](OC)(OC)OC)(OC)OC. The van der Waals surface area contributed by atoms with Gasteiger partial charge in [0.1, 0.15) is 0 Å². The summed E-state index contributed by atoms with van der Waals surface area (Å²) in [4.78, 5) is 0. The highest BCUT2D eigenvalue weighted by Crippen LogP contribution is 2.28. The second-order valence-electron chi connectivity index (χ2n) is 12.6. The summed E-state index contributed by atoms with van der Waals surface area (Å²) in [5.41, 5.74) is 0. The Kier molecular flexibility index (Phi) is 19.1. The standard InChI is InChI=1S/C24H62O10Si6/c1-25-39(26-2,27-3)23-21-37(11,12)33-35(7,8)19-17-31-15-16-32-18-20-36(9,10)34-38(13,14)22-24-40(28-4,29-5)30-6/h15-24H2,1-14H3. The second-order valence-corrected chi connectivity index (χ2v) is 36.5. The zero-order chi connectivity index (χ0) is 31.1. The number of rotatable bonds is 25. The molecule has 0 atom stereocenters. The van der Waals surface area contributed by atoms with Gasteiger partial charge in [-0.15, -0.1) is 0 Å². The van der Waals surface area contributed by atoms with Gasteiger partial charge in [-0.25, -0.2) is 0 Å². The smallest absolute Gasteiger partial charge is 0.455 e. The fourth-order valence-electron chi connectivity index (χ4n) is 4.68. The predicted molar refractivity (Wildman–Crippen MR) is 176 cm³/mol. The molecule has 0 unspecified atom stereocenters. The summed E-state index contributed by atoms with van der Waals surface area (Å²) in [6.07, 6.45) is 0. The van der Waals surface area contributed by atoms with E-state index in [1.165, 1.54) is 0 Å². The lowest BCUT2D eigenvalue weighted by Crippen LogP contribution is -2.48. The summed E-state index contributed by atoms with van der Waals surface area (Å²) < 4.78 is 58.7. The Bertz CT molecular complexity index is 604. The Hall–Kier alpha value is 0.901. The van der Waals surface area contributed by atoms with Crippen LogP contribution in [0.15, 0.2) is 0 Å². The summed E-state index contributed by atoms with van der Waals surface area (Å²) in [7, 11) is -2.66. The molecule has 0 fully saturated rings. The molecule has 0 saturated carbocycles. The number of ether oxygens (including phenoxy) is 2. The van der Waals surface area contributed by atoms with Gasteiger partial charge in [0.25, 0.3) is 0 Å². The molecule has 0 spiro atoms. The van der Waals surface area contributed by atoms with Gasteiger partial charge in [-0.3, -0.25) is 0 Å². The number of hydrogen-bond acceptors (Lipinski definition) is 10. The molecule has 242 valence electrons. The topological polar surface area (TPSA) is 92.3 Å². The van der Waals surface area contributed by atoms with E-state index < -0.39 is 50.9 Å². The molecule has 0 aromatic rings. The minimum absolute atomic E-state index is 0.593. The Morgan fingerprint density at radius 2 is 0.575 bits per heavy atom. The van der Waals surface area contributed by atoms with Crippen LogP contribution >= 0.6 is 0 Å². The molecule has 0 aromatic carbocycles. The van der Waals surface area contributed by atoms with Crippen LogP contribution in [0.4, 0.5) is 0 Å². The average molecular weight is 679 g/mol. The third-order valence-corrected chi connectivity index (χ3v) is 28.1. The van der Waals surface area contributed by atoms with Gasteiger partial charge in [0.15, 0.2) is 33.3 Å². The molecule has 0 radical (unpaired) electrons. The Morgan fingerprint density at radius 3 is 0.825 bits per heavy atom. The number of hydrogen-bond donors (Lipinski definition) is 0. The first-order valence-electron chi connectivity index (χ1n) is 14.3. The van der Waals surface area contributed by atoms with Crippen molar-refractivity contribution in [3.8, 4) is 0 Å². The van der Waals surface area contributed by atoms with Crippen molar-refractivity contribution in [2.75, 3.05) is 69.1 Å². The van der Waals surface area contributed by atoms with Crippen molar-refractivity contribution < 1.29 is 44.3 Å². The molecule has 0 rings (SSSR count). The van der Waals surface area contributed by atoms with E-state index in [1.807, 2.05) is 0 Å². The first-order valence-corrected chi connectivity index (χ1v) is 30.6. The third-order valence-electron chi connectivity index (χ3n) is 7.11. The molecule has 0 aliphatic heterocycles. The summed E-state index contributed by atoms with van der Waals surface area (Å²) >= 11 is 0. The van der Waals surface area contributed by atoms with Crippen LogP contribution in [-0.4, -0.2) is 120 Å². The molecule has 16 heteroatoms. The molecular formula is C24H62O10Si6. The minimum Gasteiger partial charge on any atom is -0.455 e. The molecule has 0 bridgehead atoms. The van der Waals surface area contributed by atoms with Gasteiger partial charge in [-0.1, -0.05) is 0 Å². The van der Waals surface area contributed by atoms with E-state index in [4.69, 9.17) is 44.3 Å². The normalized spacial score (nSPS) is 14.2. The molecule has 0 amide bonds. The Morgan fingerprint density at radius 1 is 0.325 bits per heavy atom. The van der Waals surface area contributed by atoms with Gasteiger partial charge in [-0.05, 0) is 76.6 Å². The van der Waals surface area contributed by atoms with Gasteiger partial charge in [-0.2, -0.15) is 0 Å². The van der Waals surface area contributed by atoms with Crippen molar-refractivity contribution in [2.24, 2.45) is 0 Å². The highest BCUT2D eigenvalue weighted by Gasteiger charge is 2.43. The lowest BCUT2D eigenvalue weighted by atomic mass is 10.7. The van der Waals surface area contributed by atoms with Crippen LogP contribution in [0.2, 0.25) is 88.6 Å². The molecule has 0 N–H and O–H groups in total. The largest absolute Gasteiger partial charge is 0.499 e. The fraction of sp³-hybridized carbons (Fsp3) is 1.00. The van der Waals surface area contributed by atoms with Gasteiger partial charge in [0, 0.05) is 68.0 Å². The summed E-state index contributed by atoms with van der Waals surface area (Å²) in [6.45, 7) is 20.7. The molecule has 10 nitrogen and oxygen atoms in total. The molecule has 0 aromatic heterocycles. The lowest BCUT2D eigenvalue weighted by Gasteiger charge is -2.35. The maximum Gasteiger partial charge on any atom is 0.499 e.